The fraction of sp³-hybridized carbons (Fsp3) is 0. The Hall–Kier alpha value is -4.40. The second kappa shape index (κ2) is 8.05. The van der Waals surface area contributed by atoms with Crippen molar-refractivity contribution in [2.24, 2.45) is 0 Å². The Kier molecular flexibility index (Phi) is 4.82. The fourth-order valence-electron chi connectivity index (χ4n) is 5.40. The first-order valence-corrected chi connectivity index (χ1v) is 14.9. The SMILES string of the molecule is O=S1(=O)c2ccccc2-c2c(ccc3c2-c2ccccc2S(=O)(=O)N3c2ccccc2)N1c1ccccc1. The standard InChI is InChI=1S/C30H20N2O4S2/c33-37(34)27-17-9-7-15-23(27)29-25(31(37)21-11-3-1-4-12-21)19-20-26-30(29)24-16-8-10-18-28(24)38(35,36)32(26)22-13-5-2-6-14-22/h1-20H. The molecule has 38 heavy (non-hydrogen) atoms. The molecule has 0 spiro atoms. The molecule has 5 aromatic carbocycles. The van der Waals surface area contributed by atoms with Crippen LogP contribution >= 0.6 is 0 Å². The van der Waals surface area contributed by atoms with Crippen molar-refractivity contribution >= 4 is 42.8 Å². The van der Waals surface area contributed by atoms with E-state index in [1.165, 1.54) is 8.61 Å². The Bertz CT molecular complexity index is 1810. The van der Waals surface area contributed by atoms with Crippen LogP contribution in [0.15, 0.2) is 131 Å². The molecule has 0 amide bonds. The van der Waals surface area contributed by atoms with Crippen LogP contribution in [-0.4, -0.2) is 16.8 Å². The van der Waals surface area contributed by atoms with Gasteiger partial charge in [-0.15, -0.1) is 0 Å². The van der Waals surface area contributed by atoms with E-state index < -0.39 is 20.0 Å². The van der Waals surface area contributed by atoms with Crippen molar-refractivity contribution in [3.05, 3.63) is 121 Å². The summed E-state index contributed by atoms with van der Waals surface area (Å²) in [4.78, 5) is 0.337. The number of rotatable bonds is 2. The molecule has 0 saturated carbocycles. The zero-order valence-electron chi connectivity index (χ0n) is 19.9. The number of sulfonamides is 2. The van der Waals surface area contributed by atoms with E-state index in [0.29, 0.717) is 45.0 Å². The molecule has 186 valence electrons. The molecule has 7 rings (SSSR count). The third-order valence-electron chi connectivity index (χ3n) is 6.93. The second-order valence-corrected chi connectivity index (χ2v) is 12.6. The lowest BCUT2D eigenvalue weighted by Gasteiger charge is -2.38. The van der Waals surface area contributed by atoms with Crippen molar-refractivity contribution in [2.45, 2.75) is 9.79 Å². The predicted octanol–water partition coefficient (Wildman–Crippen LogP) is 6.70. The third kappa shape index (κ3) is 3.04. The topological polar surface area (TPSA) is 74.8 Å². The van der Waals surface area contributed by atoms with Crippen LogP contribution in [0.5, 0.6) is 0 Å². The average Bonchev–Trinajstić information content (AvgIpc) is 2.94. The second-order valence-electron chi connectivity index (χ2n) is 9.06. The van der Waals surface area contributed by atoms with Crippen molar-refractivity contribution in [2.75, 3.05) is 8.61 Å². The maximum atomic E-state index is 14.0. The van der Waals surface area contributed by atoms with Gasteiger partial charge in [0.2, 0.25) is 0 Å². The van der Waals surface area contributed by atoms with Crippen molar-refractivity contribution in [1.29, 1.82) is 0 Å². The van der Waals surface area contributed by atoms with Gasteiger partial charge < -0.3 is 0 Å². The first-order chi connectivity index (χ1) is 18.4. The number of fused-ring (bicyclic) bond motifs is 7. The van der Waals surface area contributed by atoms with Crippen molar-refractivity contribution < 1.29 is 16.8 Å². The molecular formula is C30H20N2O4S2. The Labute approximate surface area is 221 Å². The number of para-hydroxylation sites is 2. The van der Waals surface area contributed by atoms with Gasteiger partial charge in [0, 0.05) is 22.3 Å². The highest BCUT2D eigenvalue weighted by Gasteiger charge is 2.43. The highest BCUT2D eigenvalue weighted by atomic mass is 32.2. The van der Waals surface area contributed by atoms with E-state index in [-0.39, 0.29) is 9.79 Å². The van der Waals surface area contributed by atoms with Gasteiger partial charge in [-0.1, -0.05) is 72.8 Å². The molecule has 0 unspecified atom stereocenters. The molecule has 0 atom stereocenters. The van der Waals surface area contributed by atoms with Crippen LogP contribution in [0.3, 0.4) is 0 Å². The first kappa shape index (κ1) is 22.8. The maximum Gasteiger partial charge on any atom is 0.269 e. The molecule has 0 N–H and O–H groups in total. The summed E-state index contributed by atoms with van der Waals surface area (Å²) in [6.07, 6.45) is 0. The zero-order chi connectivity index (χ0) is 26.1. The van der Waals surface area contributed by atoms with Crippen molar-refractivity contribution in [3.63, 3.8) is 0 Å². The number of hydrogen-bond donors (Lipinski definition) is 0. The lowest BCUT2D eigenvalue weighted by molar-refractivity contribution is 0.593. The molecule has 0 bridgehead atoms. The minimum atomic E-state index is -3.94. The first-order valence-electron chi connectivity index (χ1n) is 12.0. The van der Waals surface area contributed by atoms with Crippen LogP contribution in [-0.2, 0) is 20.0 Å². The average molecular weight is 537 g/mol. The van der Waals surface area contributed by atoms with Gasteiger partial charge in [0.1, 0.15) is 0 Å². The molecule has 2 aliphatic rings. The quantitative estimate of drug-likeness (QED) is 0.252. The highest BCUT2D eigenvalue weighted by molar-refractivity contribution is 7.93. The monoisotopic (exact) mass is 536 g/mol. The van der Waals surface area contributed by atoms with E-state index in [1.807, 2.05) is 12.1 Å². The number of anilines is 4. The Morgan fingerprint density at radius 2 is 0.737 bits per heavy atom. The van der Waals surface area contributed by atoms with Gasteiger partial charge in [0.25, 0.3) is 20.0 Å². The van der Waals surface area contributed by atoms with Crippen LogP contribution < -0.4 is 8.61 Å². The summed E-state index contributed by atoms with van der Waals surface area (Å²) in [6, 6.07) is 35.0. The normalized spacial score (nSPS) is 16.1. The molecule has 5 aromatic rings. The van der Waals surface area contributed by atoms with Crippen LogP contribution in [0, 0.1) is 0 Å². The van der Waals surface area contributed by atoms with Gasteiger partial charge in [0.05, 0.1) is 32.5 Å². The van der Waals surface area contributed by atoms with Gasteiger partial charge in [-0.3, -0.25) is 0 Å². The number of hydrogen-bond acceptors (Lipinski definition) is 4. The van der Waals surface area contributed by atoms with Crippen molar-refractivity contribution in [1.82, 2.24) is 0 Å². The van der Waals surface area contributed by atoms with E-state index in [0.717, 1.165) is 0 Å². The van der Waals surface area contributed by atoms with Crippen molar-refractivity contribution in [3.8, 4) is 22.3 Å². The van der Waals surface area contributed by atoms with Gasteiger partial charge in [-0.2, -0.15) is 0 Å². The summed E-state index contributed by atoms with van der Waals surface area (Å²) >= 11 is 0. The molecule has 2 heterocycles. The summed E-state index contributed by atoms with van der Waals surface area (Å²) in [5.41, 5.74) is 4.34. The number of benzene rings is 5. The third-order valence-corrected chi connectivity index (χ3v) is 10.5. The summed E-state index contributed by atoms with van der Waals surface area (Å²) in [7, 11) is -7.88. The molecule has 0 aliphatic carbocycles. The molecular weight excluding hydrogens is 516 g/mol. The van der Waals surface area contributed by atoms with E-state index in [9.17, 15) is 16.8 Å². The Morgan fingerprint density at radius 3 is 1.13 bits per heavy atom. The molecule has 8 heteroatoms. The lowest BCUT2D eigenvalue weighted by Crippen LogP contribution is -2.33. The van der Waals surface area contributed by atoms with Crippen LogP contribution in [0.25, 0.3) is 22.3 Å². The Balaban J connectivity index is 1.65. The van der Waals surface area contributed by atoms with Crippen LogP contribution in [0.1, 0.15) is 0 Å². The van der Waals surface area contributed by atoms with Gasteiger partial charge in [-0.05, 0) is 48.5 Å². The predicted molar refractivity (Wildman–Crippen MR) is 149 cm³/mol. The van der Waals surface area contributed by atoms with Crippen LogP contribution in [0.2, 0.25) is 0 Å². The van der Waals surface area contributed by atoms with E-state index in [1.54, 1.807) is 109 Å². The summed E-state index contributed by atoms with van der Waals surface area (Å²) in [5, 5.41) is 0. The maximum absolute atomic E-state index is 14.0. The largest absolute Gasteiger partial charge is 0.269 e. The molecule has 0 fully saturated rings. The number of nitrogens with zero attached hydrogens (tertiary/aromatic N) is 2. The minimum absolute atomic E-state index is 0.168. The van der Waals surface area contributed by atoms with Gasteiger partial charge >= 0.3 is 0 Å². The summed E-state index contributed by atoms with van der Waals surface area (Å²) in [5.74, 6) is 0. The van der Waals surface area contributed by atoms with Crippen LogP contribution in [0.4, 0.5) is 22.7 Å². The Morgan fingerprint density at radius 1 is 0.395 bits per heavy atom. The minimum Gasteiger partial charge on any atom is -0.234 e. The summed E-state index contributed by atoms with van der Waals surface area (Å²) < 4.78 is 58.7. The smallest absolute Gasteiger partial charge is 0.234 e. The summed E-state index contributed by atoms with van der Waals surface area (Å²) in [6.45, 7) is 0. The molecule has 0 saturated heterocycles. The van der Waals surface area contributed by atoms with Gasteiger partial charge in [-0.25, -0.2) is 25.4 Å². The molecule has 6 nitrogen and oxygen atoms in total. The van der Waals surface area contributed by atoms with E-state index >= 15 is 0 Å². The highest BCUT2D eigenvalue weighted by Crippen LogP contribution is 2.57. The molecule has 2 aliphatic heterocycles. The molecule has 0 aromatic heterocycles. The van der Waals surface area contributed by atoms with Gasteiger partial charge in [0.15, 0.2) is 0 Å². The zero-order valence-corrected chi connectivity index (χ0v) is 21.5. The fourth-order valence-corrected chi connectivity index (χ4v) is 8.81. The lowest BCUT2D eigenvalue weighted by atomic mass is 9.90. The molecule has 0 radical (unpaired) electrons. The van der Waals surface area contributed by atoms with E-state index in [4.69, 9.17) is 0 Å². The van der Waals surface area contributed by atoms with E-state index in [2.05, 4.69) is 0 Å².